The number of anilines is 1. The number of amides is 2. The maximum Gasteiger partial charge on any atom is 0.404 e. The highest BCUT2D eigenvalue weighted by atomic mass is 32.1. The number of nitrogens with two attached hydrogens (primary N) is 1. The number of hydrogen-bond donors (Lipinski definition) is 3. The van der Waals surface area contributed by atoms with E-state index < -0.39 is 12.0 Å². The Hall–Kier alpha value is -2.97. The molecular weight excluding hydrogens is 354 g/mol. The Balaban J connectivity index is 1.81. The molecule has 4 N–H and O–H groups in total. The minimum Gasteiger partial charge on any atom is -0.449 e. The average molecular weight is 371 g/mol. The third-order valence-corrected chi connectivity index (χ3v) is 4.84. The van der Waals surface area contributed by atoms with Crippen LogP contribution in [0.15, 0.2) is 48.8 Å². The van der Waals surface area contributed by atoms with E-state index in [9.17, 15) is 9.59 Å². The first kappa shape index (κ1) is 17.8. The van der Waals surface area contributed by atoms with Crippen LogP contribution in [0.3, 0.4) is 0 Å². The molecule has 8 heteroatoms. The fraction of sp³-hybridized carbons (Fsp3) is 0.167. The second-order valence-corrected chi connectivity index (χ2v) is 6.68. The first-order chi connectivity index (χ1) is 12.6. The highest BCUT2D eigenvalue weighted by Crippen LogP contribution is 2.30. The molecule has 0 spiro atoms. The molecule has 0 aliphatic carbocycles. The van der Waals surface area contributed by atoms with Crippen molar-refractivity contribution in [2.45, 2.75) is 12.5 Å². The summed E-state index contributed by atoms with van der Waals surface area (Å²) in [6.07, 6.45) is 2.48. The van der Waals surface area contributed by atoms with Gasteiger partial charge in [-0.1, -0.05) is 24.3 Å². The van der Waals surface area contributed by atoms with Crippen molar-refractivity contribution in [3.63, 3.8) is 0 Å². The number of aliphatic hydroxyl groups excluding tert-OH is 1. The summed E-state index contributed by atoms with van der Waals surface area (Å²) < 4.78 is 5.81. The van der Waals surface area contributed by atoms with Crippen molar-refractivity contribution in [3.8, 4) is 0 Å². The number of primary amides is 1. The van der Waals surface area contributed by atoms with Crippen molar-refractivity contribution in [2.75, 3.05) is 11.9 Å². The van der Waals surface area contributed by atoms with Crippen molar-refractivity contribution >= 4 is 38.4 Å². The van der Waals surface area contributed by atoms with Crippen LogP contribution >= 0.6 is 11.3 Å². The number of benzene rings is 1. The fourth-order valence-electron chi connectivity index (χ4n) is 2.50. The number of aromatic nitrogens is 1. The predicted molar refractivity (Wildman–Crippen MR) is 98.9 cm³/mol. The van der Waals surface area contributed by atoms with Crippen molar-refractivity contribution in [2.24, 2.45) is 5.73 Å². The highest BCUT2D eigenvalue weighted by Gasteiger charge is 2.23. The molecule has 1 aromatic carbocycles. The molecule has 26 heavy (non-hydrogen) atoms. The van der Waals surface area contributed by atoms with Crippen molar-refractivity contribution < 1.29 is 19.4 Å². The molecule has 2 heterocycles. The fourth-order valence-corrected chi connectivity index (χ4v) is 3.43. The summed E-state index contributed by atoms with van der Waals surface area (Å²) in [5.74, 6) is -1.04. The first-order valence-corrected chi connectivity index (χ1v) is 8.65. The third kappa shape index (κ3) is 4.16. The van der Waals surface area contributed by atoms with Gasteiger partial charge in [-0.2, -0.15) is 0 Å². The van der Waals surface area contributed by atoms with E-state index in [1.165, 1.54) is 11.3 Å². The minimum absolute atomic E-state index is 0.0925. The molecule has 3 rings (SSSR count). The molecule has 3 aromatic rings. The number of fused-ring (bicyclic) bond motifs is 1. The quantitative estimate of drug-likeness (QED) is 0.616. The summed E-state index contributed by atoms with van der Waals surface area (Å²) in [4.78, 5) is 27.8. The van der Waals surface area contributed by atoms with E-state index in [0.29, 0.717) is 10.6 Å². The van der Waals surface area contributed by atoms with Gasteiger partial charge in [0.15, 0.2) is 0 Å². The lowest BCUT2D eigenvalue weighted by Crippen LogP contribution is -2.27. The normalized spacial score (nSPS) is 11.9. The number of nitrogens with one attached hydrogen (secondary N) is 1. The molecule has 2 amide bonds. The second-order valence-electron chi connectivity index (χ2n) is 5.60. The highest BCUT2D eigenvalue weighted by molar-refractivity contribution is 7.22. The van der Waals surface area contributed by atoms with Crippen LogP contribution in [0.1, 0.15) is 17.0 Å². The van der Waals surface area contributed by atoms with Gasteiger partial charge in [0, 0.05) is 12.4 Å². The summed E-state index contributed by atoms with van der Waals surface area (Å²) in [5, 5.41) is 13.7. The van der Waals surface area contributed by atoms with Gasteiger partial charge in [-0.25, -0.2) is 4.79 Å². The van der Waals surface area contributed by atoms with Crippen molar-refractivity contribution in [3.05, 3.63) is 59.9 Å². The number of hydrogen-bond acceptors (Lipinski definition) is 6. The van der Waals surface area contributed by atoms with Gasteiger partial charge in [-0.3, -0.25) is 9.78 Å². The second kappa shape index (κ2) is 7.94. The summed E-state index contributed by atoms with van der Waals surface area (Å²) in [6.45, 7) is -0.267. The molecule has 2 aromatic heterocycles. The Labute approximate surface area is 153 Å². The molecular formula is C18H17N3O4S. The van der Waals surface area contributed by atoms with Crippen LogP contribution in [0, 0.1) is 0 Å². The molecule has 1 unspecified atom stereocenters. The lowest BCUT2D eigenvalue weighted by molar-refractivity contribution is -0.118. The number of carbonyl (C=O) groups is 2. The van der Waals surface area contributed by atoms with Gasteiger partial charge >= 0.3 is 6.09 Å². The van der Waals surface area contributed by atoms with Gasteiger partial charge in [0.25, 0.3) is 0 Å². The molecule has 0 saturated carbocycles. The maximum absolute atomic E-state index is 12.8. The number of rotatable bonds is 6. The largest absolute Gasteiger partial charge is 0.449 e. The number of ether oxygens (including phenoxy) is 1. The Morgan fingerprint density at radius 2 is 2.04 bits per heavy atom. The number of thiophene rings is 1. The third-order valence-electron chi connectivity index (χ3n) is 3.84. The van der Waals surface area contributed by atoms with E-state index in [2.05, 4.69) is 10.3 Å². The Kier molecular flexibility index (Phi) is 5.45. The monoisotopic (exact) mass is 371 g/mol. The Morgan fingerprint density at radius 3 is 2.69 bits per heavy atom. The van der Waals surface area contributed by atoms with Crippen LogP contribution in [0.25, 0.3) is 10.1 Å². The average Bonchev–Trinajstić information content (AvgIpc) is 3.04. The van der Waals surface area contributed by atoms with Crippen molar-refractivity contribution in [1.29, 1.82) is 0 Å². The first-order valence-electron chi connectivity index (χ1n) is 7.83. The SMILES string of the molecule is NC(=O)OCC(C(=O)Nc1cc2ccncc2s1)c1ccc(CO)cc1. The van der Waals surface area contributed by atoms with E-state index in [1.807, 2.05) is 12.1 Å². The number of carbonyl (C=O) groups excluding carboxylic acids is 2. The molecule has 0 aliphatic heterocycles. The molecule has 0 fully saturated rings. The lowest BCUT2D eigenvalue weighted by Gasteiger charge is -2.16. The molecule has 1 atom stereocenters. The van der Waals surface area contributed by atoms with Gasteiger partial charge < -0.3 is 20.9 Å². The summed E-state index contributed by atoms with van der Waals surface area (Å²) >= 11 is 1.41. The topological polar surface area (TPSA) is 115 Å². The smallest absolute Gasteiger partial charge is 0.404 e. The van der Waals surface area contributed by atoms with Crippen molar-refractivity contribution in [1.82, 2.24) is 4.98 Å². The molecule has 0 aliphatic rings. The van der Waals surface area contributed by atoms with Crippen LogP contribution < -0.4 is 11.1 Å². The van der Waals surface area contributed by atoms with E-state index >= 15 is 0 Å². The zero-order chi connectivity index (χ0) is 18.5. The Bertz CT molecular complexity index is 891. The van der Waals surface area contributed by atoms with Gasteiger partial charge in [0.1, 0.15) is 6.61 Å². The summed E-state index contributed by atoms with van der Waals surface area (Å²) in [6, 6.07) is 10.6. The van der Waals surface area contributed by atoms with Gasteiger partial charge in [0.05, 0.1) is 22.2 Å². The molecule has 0 bridgehead atoms. The number of pyridine rings is 1. The maximum atomic E-state index is 12.8. The van der Waals surface area contributed by atoms with Crippen LogP contribution in [0.4, 0.5) is 9.80 Å². The Morgan fingerprint density at radius 1 is 1.27 bits per heavy atom. The molecule has 134 valence electrons. The zero-order valence-corrected chi connectivity index (χ0v) is 14.5. The zero-order valence-electron chi connectivity index (χ0n) is 13.7. The minimum atomic E-state index is -0.942. The standard InChI is InChI=1S/C18H17N3O4S/c19-18(24)25-10-14(12-3-1-11(9-22)2-4-12)17(23)21-16-7-13-5-6-20-8-15(13)26-16/h1-8,14,22H,9-10H2,(H2,19,24)(H,21,23). The van der Waals surface area contributed by atoms with Gasteiger partial charge in [-0.05, 0) is 28.6 Å². The molecule has 0 radical (unpaired) electrons. The van der Waals surface area contributed by atoms with Crippen LogP contribution in [0.5, 0.6) is 0 Å². The van der Waals surface area contributed by atoms with E-state index in [0.717, 1.165) is 15.6 Å². The molecule has 0 saturated heterocycles. The van der Waals surface area contributed by atoms with Crippen LogP contribution in [-0.4, -0.2) is 28.7 Å². The van der Waals surface area contributed by atoms with Gasteiger partial charge in [0.2, 0.25) is 5.91 Å². The summed E-state index contributed by atoms with van der Waals surface area (Å²) in [5.41, 5.74) is 6.42. The van der Waals surface area contributed by atoms with Crippen LogP contribution in [-0.2, 0) is 16.1 Å². The van der Waals surface area contributed by atoms with E-state index in [-0.39, 0.29) is 19.1 Å². The van der Waals surface area contributed by atoms with Gasteiger partial charge in [-0.15, -0.1) is 11.3 Å². The van der Waals surface area contributed by atoms with E-state index in [4.69, 9.17) is 15.6 Å². The lowest BCUT2D eigenvalue weighted by atomic mass is 9.98. The predicted octanol–water partition coefficient (Wildman–Crippen LogP) is 2.61. The van der Waals surface area contributed by atoms with Crippen LogP contribution in [0.2, 0.25) is 0 Å². The summed E-state index contributed by atoms with van der Waals surface area (Å²) in [7, 11) is 0. The number of aliphatic hydroxyl groups is 1. The van der Waals surface area contributed by atoms with E-state index in [1.54, 1.807) is 36.7 Å². The molecule has 7 nitrogen and oxygen atoms in total. The number of nitrogens with zero attached hydrogens (tertiary/aromatic N) is 1.